The topological polar surface area (TPSA) is 47.6 Å². The zero-order valence-electron chi connectivity index (χ0n) is 10.6. The zero-order valence-corrected chi connectivity index (χ0v) is 11.4. The standard InChI is InChI=1S/C13H19NO3S/c1-16-9-12(15)14-10-13(4-6-17-7-5-13)11-3-2-8-18-11/h2-3,8H,4-7,9-10H2,1H3,(H,14,15). The number of rotatable bonds is 5. The molecule has 2 rings (SSSR count). The minimum Gasteiger partial charge on any atom is -0.381 e. The first-order valence-electron chi connectivity index (χ1n) is 6.14. The van der Waals surface area contributed by atoms with Crippen LogP contribution in [0.2, 0.25) is 0 Å². The lowest BCUT2D eigenvalue weighted by molar-refractivity contribution is -0.125. The minimum atomic E-state index is -0.0556. The lowest BCUT2D eigenvalue weighted by Gasteiger charge is -2.36. The SMILES string of the molecule is COCC(=O)NCC1(c2cccs2)CCOCC1. The van der Waals surface area contributed by atoms with E-state index in [9.17, 15) is 4.79 Å². The fourth-order valence-electron chi connectivity index (χ4n) is 2.30. The molecule has 1 fully saturated rings. The predicted molar refractivity (Wildman–Crippen MR) is 70.9 cm³/mol. The Morgan fingerprint density at radius 1 is 1.56 bits per heavy atom. The molecule has 0 bridgehead atoms. The lowest BCUT2D eigenvalue weighted by Crippen LogP contribution is -2.44. The van der Waals surface area contributed by atoms with Crippen LogP contribution in [0.4, 0.5) is 0 Å². The van der Waals surface area contributed by atoms with Crippen molar-refractivity contribution in [1.82, 2.24) is 5.32 Å². The molecule has 0 atom stereocenters. The second-order valence-electron chi connectivity index (χ2n) is 4.58. The van der Waals surface area contributed by atoms with Crippen molar-refractivity contribution in [2.45, 2.75) is 18.3 Å². The van der Waals surface area contributed by atoms with Gasteiger partial charge in [0.1, 0.15) is 6.61 Å². The van der Waals surface area contributed by atoms with E-state index in [0.717, 1.165) is 26.1 Å². The third-order valence-corrected chi connectivity index (χ3v) is 4.51. The number of ether oxygens (including phenoxy) is 2. The summed E-state index contributed by atoms with van der Waals surface area (Å²) in [5.41, 5.74) is 0.0375. The number of methoxy groups -OCH3 is 1. The zero-order chi connectivity index (χ0) is 12.8. The van der Waals surface area contributed by atoms with E-state index in [0.29, 0.717) is 6.54 Å². The van der Waals surface area contributed by atoms with Gasteiger partial charge in [-0.1, -0.05) is 6.07 Å². The molecule has 0 radical (unpaired) electrons. The van der Waals surface area contributed by atoms with Crippen LogP contribution < -0.4 is 5.32 Å². The number of hydrogen-bond donors (Lipinski definition) is 1. The van der Waals surface area contributed by atoms with Crippen LogP contribution in [-0.4, -0.2) is 39.4 Å². The van der Waals surface area contributed by atoms with E-state index in [1.807, 2.05) is 0 Å². The highest BCUT2D eigenvalue weighted by atomic mass is 32.1. The van der Waals surface area contributed by atoms with Crippen LogP contribution in [0.25, 0.3) is 0 Å². The van der Waals surface area contributed by atoms with Crippen LogP contribution >= 0.6 is 11.3 Å². The summed E-state index contributed by atoms with van der Waals surface area (Å²) in [7, 11) is 1.53. The third kappa shape index (κ3) is 3.10. The third-order valence-electron chi connectivity index (χ3n) is 3.39. The van der Waals surface area contributed by atoms with E-state index in [-0.39, 0.29) is 17.9 Å². The van der Waals surface area contributed by atoms with Crippen molar-refractivity contribution in [3.8, 4) is 0 Å². The van der Waals surface area contributed by atoms with Gasteiger partial charge in [-0.3, -0.25) is 4.79 Å². The van der Waals surface area contributed by atoms with Crippen molar-refractivity contribution in [3.05, 3.63) is 22.4 Å². The van der Waals surface area contributed by atoms with Gasteiger partial charge < -0.3 is 14.8 Å². The fraction of sp³-hybridized carbons (Fsp3) is 0.615. The normalized spacial score (nSPS) is 18.5. The predicted octanol–water partition coefficient (Wildman–Crippen LogP) is 1.56. The molecule has 1 aliphatic heterocycles. The molecule has 1 aromatic heterocycles. The molecule has 5 heteroatoms. The number of nitrogens with one attached hydrogen (secondary N) is 1. The van der Waals surface area contributed by atoms with Gasteiger partial charge >= 0.3 is 0 Å². The molecule has 0 aromatic carbocycles. The van der Waals surface area contributed by atoms with Crippen LogP contribution in [0.15, 0.2) is 17.5 Å². The van der Waals surface area contributed by atoms with E-state index < -0.39 is 0 Å². The van der Waals surface area contributed by atoms with Gasteiger partial charge in [-0.05, 0) is 24.3 Å². The van der Waals surface area contributed by atoms with Gasteiger partial charge in [0.25, 0.3) is 0 Å². The molecule has 18 heavy (non-hydrogen) atoms. The molecule has 2 heterocycles. The van der Waals surface area contributed by atoms with E-state index in [1.54, 1.807) is 11.3 Å². The van der Waals surface area contributed by atoms with Crippen LogP contribution in [0, 0.1) is 0 Å². The van der Waals surface area contributed by atoms with Crippen molar-refractivity contribution >= 4 is 17.2 Å². The van der Waals surface area contributed by atoms with Crippen molar-refractivity contribution in [2.75, 3.05) is 33.5 Å². The Balaban J connectivity index is 2.03. The molecule has 0 spiro atoms. The van der Waals surface area contributed by atoms with Gasteiger partial charge in [-0.15, -0.1) is 11.3 Å². The highest BCUT2D eigenvalue weighted by molar-refractivity contribution is 7.10. The molecule has 0 saturated carbocycles. The van der Waals surface area contributed by atoms with Crippen molar-refractivity contribution in [1.29, 1.82) is 0 Å². The molecule has 0 aliphatic carbocycles. The Kier molecular flexibility index (Phi) is 4.74. The van der Waals surface area contributed by atoms with E-state index in [1.165, 1.54) is 12.0 Å². The Hall–Kier alpha value is -0.910. The van der Waals surface area contributed by atoms with Crippen LogP contribution in [-0.2, 0) is 19.7 Å². The number of thiophene rings is 1. The van der Waals surface area contributed by atoms with Gasteiger partial charge in [-0.25, -0.2) is 0 Å². The lowest BCUT2D eigenvalue weighted by atomic mass is 9.78. The van der Waals surface area contributed by atoms with Crippen molar-refractivity contribution < 1.29 is 14.3 Å². The molecule has 1 saturated heterocycles. The Labute approximate surface area is 111 Å². The maximum Gasteiger partial charge on any atom is 0.246 e. The summed E-state index contributed by atoms with van der Waals surface area (Å²) in [5.74, 6) is -0.0556. The summed E-state index contributed by atoms with van der Waals surface area (Å²) in [6.45, 7) is 2.31. The van der Waals surface area contributed by atoms with E-state index in [2.05, 4.69) is 22.8 Å². The van der Waals surface area contributed by atoms with Gasteiger partial charge in [0.05, 0.1) is 0 Å². The van der Waals surface area contributed by atoms with Crippen LogP contribution in [0.5, 0.6) is 0 Å². The van der Waals surface area contributed by atoms with E-state index >= 15 is 0 Å². The van der Waals surface area contributed by atoms with Gasteiger partial charge in [-0.2, -0.15) is 0 Å². The molecule has 100 valence electrons. The van der Waals surface area contributed by atoms with Gasteiger partial charge in [0, 0.05) is 37.2 Å². The fourth-order valence-corrected chi connectivity index (χ4v) is 3.29. The summed E-state index contributed by atoms with van der Waals surface area (Å²) in [6.07, 6.45) is 1.92. The highest BCUT2D eigenvalue weighted by Gasteiger charge is 2.35. The van der Waals surface area contributed by atoms with Crippen LogP contribution in [0.1, 0.15) is 17.7 Å². The largest absolute Gasteiger partial charge is 0.381 e. The average Bonchev–Trinajstić information content (AvgIpc) is 2.92. The Morgan fingerprint density at radius 3 is 2.94 bits per heavy atom. The monoisotopic (exact) mass is 269 g/mol. The quantitative estimate of drug-likeness (QED) is 0.882. The number of amides is 1. The molecule has 1 aliphatic rings. The Bertz CT molecular complexity index is 372. The van der Waals surface area contributed by atoms with Crippen molar-refractivity contribution in [3.63, 3.8) is 0 Å². The molecule has 1 amide bonds. The summed E-state index contributed by atoms with van der Waals surface area (Å²) in [4.78, 5) is 12.9. The number of carbonyl (C=O) groups excluding carboxylic acids is 1. The number of carbonyl (C=O) groups is 1. The Morgan fingerprint density at radius 2 is 2.33 bits per heavy atom. The first kappa shape index (κ1) is 13.5. The summed E-state index contributed by atoms with van der Waals surface area (Å²) < 4.78 is 10.3. The highest BCUT2D eigenvalue weighted by Crippen LogP contribution is 2.36. The molecular formula is C13H19NO3S. The van der Waals surface area contributed by atoms with Gasteiger partial charge in [0.2, 0.25) is 5.91 Å². The summed E-state index contributed by atoms with van der Waals surface area (Å²) >= 11 is 1.76. The molecule has 1 N–H and O–H groups in total. The average molecular weight is 269 g/mol. The first-order chi connectivity index (χ1) is 8.77. The van der Waals surface area contributed by atoms with Gasteiger partial charge in [0.15, 0.2) is 0 Å². The molecule has 4 nitrogen and oxygen atoms in total. The van der Waals surface area contributed by atoms with Crippen LogP contribution in [0.3, 0.4) is 0 Å². The summed E-state index contributed by atoms with van der Waals surface area (Å²) in [6, 6.07) is 4.21. The maximum atomic E-state index is 11.5. The first-order valence-corrected chi connectivity index (χ1v) is 7.02. The molecular weight excluding hydrogens is 250 g/mol. The summed E-state index contributed by atoms with van der Waals surface area (Å²) in [5, 5.41) is 5.06. The van der Waals surface area contributed by atoms with Crippen molar-refractivity contribution in [2.24, 2.45) is 0 Å². The molecule has 1 aromatic rings. The smallest absolute Gasteiger partial charge is 0.246 e. The second kappa shape index (κ2) is 6.31. The maximum absolute atomic E-state index is 11.5. The minimum absolute atomic E-state index is 0.0375. The number of hydrogen-bond acceptors (Lipinski definition) is 4. The second-order valence-corrected chi connectivity index (χ2v) is 5.53. The molecule has 0 unspecified atom stereocenters. The van der Waals surface area contributed by atoms with E-state index in [4.69, 9.17) is 9.47 Å².